The normalized spacial score (nSPS) is 24.9. The number of amides is 1. The molecule has 0 spiro atoms. The van der Waals surface area contributed by atoms with Gasteiger partial charge in [-0.3, -0.25) is 4.79 Å². The Morgan fingerprint density at radius 3 is 2.70 bits per heavy atom. The zero-order valence-corrected chi connectivity index (χ0v) is 12.2. The first kappa shape index (κ1) is 13.6. The first-order chi connectivity index (χ1) is 9.54. The fraction of sp³-hybridized carbons (Fsp3) is 0.357. The number of likely N-dealkylation sites (tertiary alicyclic amines) is 1. The van der Waals surface area contributed by atoms with Crippen molar-refractivity contribution >= 4 is 27.9 Å². The van der Waals surface area contributed by atoms with Gasteiger partial charge in [0, 0.05) is 23.1 Å². The molecule has 1 saturated heterocycles. The average Bonchev–Trinajstić information content (AvgIpc) is 2.77. The summed E-state index contributed by atoms with van der Waals surface area (Å²) < 4.78 is 6.48. The second kappa shape index (κ2) is 5.20. The first-order valence-corrected chi connectivity index (χ1v) is 7.12. The van der Waals surface area contributed by atoms with E-state index in [0.29, 0.717) is 5.57 Å². The van der Waals surface area contributed by atoms with E-state index in [4.69, 9.17) is 4.74 Å². The Morgan fingerprint density at radius 1 is 1.30 bits per heavy atom. The van der Waals surface area contributed by atoms with Gasteiger partial charge < -0.3 is 19.8 Å². The quantitative estimate of drug-likeness (QED) is 0.793. The lowest BCUT2D eigenvalue weighted by Crippen LogP contribution is -2.33. The van der Waals surface area contributed by atoms with Gasteiger partial charge in [0.1, 0.15) is 12.4 Å². The molecule has 0 saturated carbocycles. The number of nitrogens with zero attached hydrogens (tertiary/aromatic N) is 1. The number of aliphatic hydroxyl groups excluding tert-OH is 2. The molecular formula is C14H14BrNO4. The number of benzene rings is 1. The third kappa shape index (κ3) is 2.46. The summed E-state index contributed by atoms with van der Waals surface area (Å²) in [6, 6.07) is 5.61. The van der Waals surface area contributed by atoms with E-state index in [1.54, 1.807) is 6.08 Å². The van der Waals surface area contributed by atoms with E-state index >= 15 is 0 Å². The molecule has 0 bridgehead atoms. The van der Waals surface area contributed by atoms with Gasteiger partial charge in [0.15, 0.2) is 0 Å². The SMILES string of the molecule is O=C(C1=Cc2cc(Br)ccc2OC1)N1C[C@@H](O)[C@@H](O)C1. The molecule has 1 aromatic carbocycles. The molecule has 0 aliphatic carbocycles. The molecule has 2 atom stereocenters. The number of fused-ring (bicyclic) bond motifs is 1. The summed E-state index contributed by atoms with van der Waals surface area (Å²) in [6.07, 6.45) is 0.0548. The molecule has 20 heavy (non-hydrogen) atoms. The summed E-state index contributed by atoms with van der Waals surface area (Å²) in [5.74, 6) is 0.539. The van der Waals surface area contributed by atoms with E-state index in [9.17, 15) is 15.0 Å². The molecule has 1 aromatic rings. The summed E-state index contributed by atoms with van der Waals surface area (Å²) in [7, 11) is 0. The largest absolute Gasteiger partial charge is 0.488 e. The highest BCUT2D eigenvalue weighted by Gasteiger charge is 2.34. The van der Waals surface area contributed by atoms with Crippen LogP contribution in [0.3, 0.4) is 0 Å². The molecule has 6 heteroatoms. The fourth-order valence-corrected chi connectivity index (χ4v) is 2.79. The third-order valence-corrected chi connectivity index (χ3v) is 4.00. The van der Waals surface area contributed by atoms with Crippen LogP contribution in [0, 0.1) is 0 Å². The van der Waals surface area contributed by atoms with Crippen molar-refractivity contribution in [3.63, 3.8) is 0 Å². The molecule has 106 valence electrons. The second-order valence-electron chi connectivity index (χ2n) is 4.99. The summed E-state index contributed by atoms with van der Waals surface area (Å²) in [4.78, 5) is 13.8. The molecule has 2 heterocycles. The Labute approximate surface area is 124 Å². The van der Waals surface area contributed by atoms with Crippen LogP contribution in [0.2, 0.25) is 0 Å². The number of carbonyl (C=O) groups is 1. The van der Waals surface area contributed by atoms with Crippen LogP contribution in [0.4, 0.5) is 0 Å². The summed E-state index contributed by atoms with van der Waals surface area (Å²) in [5.41, 5.74) is 1.37. The molecule has 1 fully saturated rings. The van der Waals surface area contributed by atoms with E-state index < -0.39 is 12.2 Å². The summed E-state index contributed by atoms with van der Waals surface area (Å²) in [5, 5.41) is 19.0. The Morgan fingerprint density at radius 2 is 2.00 bits per heavy atom. The van der Waals surface area contributed by atoms with Crippen LogP contribution >= 0.6 is 15.9 Å². The smallest absolute Gasteiger partial charge is 0.253 e. The van der Waals surface area contributed by atoms with Gasteiger partial charge in [0.25, 0.3) is 5.91 Å². The number of rotatable bonds is 1. The molecule has 2 N–H and O–H groups in total. The molecule has 0 aromatic heterocycles. The highest BCUT2D eigenvalue weighted by molar-refractivity contribution is 9.10. The van der Waals surface area contributed by atoms with Crippen molar-refractivity contribution in [2.24, 2.45) is 0 Å². The maximum Gasteiger partial charge on any atom is 0.253 e. The Balaban J connectivity index is 1.83. The molecule has 0 unspecified atom stereocenters. The minimum Gasteiger partial charge on any atom is -0.488 e. The number of hydrogen-bond donors (Lipinski definition) is 2. The van der Waals surface area contributed by atoms with E-state index in [1.807, 2.05) is 18.2 Å². The lowest BCUT2D eigenvalue weighted by Gasteiger charge is -2.22. The van der Waals surface area contributed by atoms with Gasteiger partial charge in [-0.15, -0.1) is 0 Å². The van der Waals surface area contributed by atoms with E-state index in [0.717, 1.165) is 15.8 Å². The maximum absolute atomic E-state index is 12.3. The van der Waals surface area contributed by atoms with Crippen LogP contribution in [0.1, 0.15) is 5.56 Å². The highest BCUT2D eigenvalue weighted by Crippen LogP contribution is 2.30. The Hall–Kier alpha value is -1.37. The number of ether oxygens (including phenoxy) is 1. The molecule has 0 radical (unpaired) electrons. The fourth-order valence-electron chi connectivity index (χ4n) is 2.41. The van der Waals surface area contributed by atoms with Crippen LogP contribution in [-0.2, 0) is 4.79 Å². The number of carbonyl (C=O) groups excluding carboxylic acids is 1. The average molecular weight is 340 g/mol. The molecule has 1 amide bonds. The van der Waals surface area contributed by atoms with Crippen LogP contribution in [0.15, 0.2) is 28.2 Å². The van der Waals surface area contributed by atoms with E-state index in [2.05, 4.69) is 15.9 Å². The predicted molar refractivity (Wildman–Crippen MR) is 76.2 cm³/mol. The monoisotopic (exact) mass is 339 g/mol. The van der Waals surface area contributed by atoms with Gasteiger partial charge >= 0.3 is 0 Å². The van der Waals surface area contributed by atoms with Gasteiger partial charge in [0.2, 0.25) is 0 Å². The van der Waals surface area contributed by atoms with Crippen LogP contribution < -0.4 is 4.74 Å². The first-order valence-electron chi connectivity index (χ1n) is 6.33. The van der Waals surface area contributed by atoms with Gasteiger partial charge in [-0.1, -0.05) is 15.9 Å². The third-order valence-electron chi connectivity index (χ3n) is 3.51. The molecule has 5 nitrogen and oxygen atoms in total. The molecule has 2 aliphatic heterocycles. The highest BCUT2D eigenvalue weighted by atomic mass is 79.9. The molecule has 3 rings (SSSR count). The van der Waals surface area contributed by atoms with Crippen molar-refractivity contribution in [1.29, 1.82) is 0 Å². The van der Waals surface area contributed by atoms with Crippen molar-refractivity contribution in [3.8, 4) is 5.75 Å². The van der Waals surface area contributed by atoms with Gasteiger partial charge in [-0.25, -0.2) is 0 Å². The van der Waals surface area contributed by atoms with Gasteiger partial charge in [-0.2, -0.15) is 0 Å². The zero-order valence-electron chi connectivity index (χ0n) is 10.6. The number of halogens is 1. The summed E-state index contributed by atoms with van der Waals surface area (Å²) >= 11 is 3.38. The van der Waals surface area contributed by atoms with Crippen LogP contribution in [-0.4, -0.2) is 52.9 Å². The topological polar surface area (TPSA) is 70.0 Å². The van der Waals surface area contributed by atoms with Crippen molar-refractivity contribution < 1.29 is 19.7 Å². The lowest BCUT2D eigenvalue weighted by molar-refractivity contribution is -0.127. The zero-order chi connectivity index (χ0) is 14.3. The van der Waals surface area contributed by atoms with Crippen molar-refractivity contribution in [1.82, 2.24) is 4.90 Å². The lowest BCUT2D eigenvalue weighted by atomic mass is 10.1. The van der Waals surface area contributed by atoms with Crippen LogP contribution in [0.5, 0.6) is 5.75 Å². The molecule has 2 aliphatic rings. The Bertz CT molecular complexity index is 577. The molecular weight excluding hydrogens is 326 g/mol. The van der Waals surface area contributed by atoms with Crippen molar-refractivity contribution in [2.75, 3.05) is 19.7 Å². The number of β-amino-alcohol motifs (C(OH)–C–C–N with tert-alkyl or cyclic N) is 2. The van der Waals surface area contributed by atoms with Gasteiger partial charge in [0.05, 0.1) is 17.8 Å². The standard InChI is InChI=1S/C14H14BrNO4/c15-10-1-2-13-8(4-10)3-9(7-20-13)14(19)16-5-11(17)12(18)6-16/h1-4,11-12,17-18H,5-7H2/t11-,12+. The number of aliphatic hydroxyl groups is 2. The van der Waals surface area contributed by atoms with Crippen molar-refractivity contribution in [3.05, 3.63) is 33.8 Å². The number of hydrogen-bond acceptors (Lipinski definition) is 4. The van der Waals surface area contributed by atoms with E-state index in [-0.39, 0.29) is 25.6 Å². The van der Waals surface area contributed by atoms with Gasteiger partial charge in [-0.05, 0) is 24.3 Å². The maximum atomic E-state index is 12.3. The summed E-state index contributed by atoms with van der Waals surface area (Å²) in [6.45, 7) is 0.515. The minimum atomic E-state index is -0.870. The predicted octanol–water partition coefficient (Wildman–Crippen LogP) is 0.789. The Kier molecular flexibility index (Phi) is 3.54. The van der Waals surface area contributed by atoms with E-state index in [1.165, 1.54) is 4.90 Å². The van der Waals surface area contributed by atoms with Crippen molar-refractivity contribution in [2.45, 2.75) is 12.2 Å². The minimum absolute atomic E-state index is 0.155. The van der Waals surface area contributed by atoms with Crippen LogP contribution in [0.25, 0.3) is 6.08 Å². The second-order valence-corrected chi connectivity index (χ2v) is 5.90.